The summed E-state index contributed by atoms with van der Waals surface area (Å²) >= 11 is 1.48. The molecule has 0 radical (unpaired) electrons. The number of carbonyl (C=O) groups is 1. The fourth-order valence-corrected chi connectivity index (χ4v) is 4.06. The molecule has 0 aliphatic heterocycles. The molecule has 9 heteroatoms. The van der Waals surface area contributed by atoms with Crippen molar-refractivity contribution in [1.29, 1.82) is 0 Å². The van der Waals surface area contributed by atoms with Gasteiger partial charge in [-0.15, -0.1) is 11.3 Å². The van der Waals surface area contributed by atoms with Crippen LogP contribution in [0.4, 0.5) is 0 Å². The second-order valence-electron chi connectivity index (χ2n) is 7.32. The zero-order valence-corrected chi connectivity index (χ0v) is 20.7. The fraction of sp³-hybridized carbons (Fsp3) is 0.360. The van der Waals surface area contributed by atoms with Crippen LogP contribution in [-0.4, -0.2) is 57.4 Å². The maximum atomic E-state index is 13.2. The van der Waals surface area contributed by atoms with E-state index in [2.05, 4.69) is 4.98 Å². The van der Waals surface area contributed by atoms with E-state index in [4.69, 9.17) is 23.7 Å². The molecule has 0 spiro atoms. The average Bonchev–Trinajstić information content (AvgIpc) is 3.33. The predicted octanol–water partition coefficient (Wildman–Crippen LogP) is 4.43. The molecule has 0 saturated carbocycles. The molecule has 0 fully saturated rings. The van der Waals surface area contributed by atoms with Crippen molar-refractivity contribution in [3.05, 3.63) is 64.1 Å². The standard InChI is InChI=1S/C25H30N2O6S/c1-29-13-7-12-27(25(28)18-8-5-9-20(14-18)30-2)15-19-17-34-23(26-19)16-33-24-21(31-3)10-6-11-22(24)32-4/h5-6,8-11,14,17H,7,12-13,15-16H2,1-4H3. The van der Waals surface area contributed by atoms with Crippen LogP contribution < -0.4 is 18.9 Å². The molecule has 1 aromatic heterocycles. The van der Waals surface area contributed by atoms with Gasteiger partial charge in [-0.25, -0.2) is 4.98 Å². The number of amides is 1. The second kappa shape index (κ2) is 12.8. The molecule has 3 aromatic rings. The highest BCUT2D eigenvalue weighted by Gasteiger charge is 2.19. The normalized spacial score (nSPS) is 10.6. The number of methoxy groups -OCH3 is 4. The highest BCUT2D eigenvalue weighted by molar-refractivity contribution is 7.09. The molecule has 0 atom stereocenters. The molecule has 0 bridgehead atoms. The monoisotopic (exact) mass is 486 g/mol. The molecule has 1 heterocycles. The van der Waals surface area contributed by atoms with Gasteiger partial charge >= 0.3 is 0 Å². The number of para-hydroxylation sites is 1. The topological polar surface area (TPSA) is 79.4 Å². The smallest absolute Gasteiger partial charge is 0.254 e. The summed E-state index contributed by atoms with van der Waals surface area (Å²) in [5.74, 6) is 2.26. The van der Waals surface area contributed by atoms with E-state index in [9.17, 15) is 4.79 Å². The number of nitrogens with zero attached hydrogens (tertiary/aromatic N) is 2. The lowest BCUT2D eigenvalue weighted by Gasteiger charge is -2.22. The van der Waals surface area contributed by atoms with Crippen molar-refractivity contribution in [1.82, 2.24) is 9.88 Å². The van der Waals surface area contributed by atoms with Crippen molar-refractivity contribution >= 4 is 17.2 Å². The van der Waals surface area contributed by atoms with Crippen LogP contribution in [0.5, 0.6) is 23.0 Å². The molecule has 2 aromatic carbocycles. The van der Waals surface area contributed by atoms with E-state index in [1.54, 1.807) is 45.5 Å². The number of benzene rings is 2. The van der Waals surface area contributed by atoms with Gasteiger partial charge in [-0.1, -0.05) is 12.1 Å². The largest absolute Gasteiger partial charge is 0.497 e. The quantitative estimate of drug-likeness (QED) is 0.331. The Bertz CT molecular complexity index is 1050. The Morgan fingerprint density at radius 3 is 2.41 bits per heavy atom. The maximum absolute atomic E-state index is 13.2. The Labute approximate surface area is 204 Å². The molecule has 0 aliphatic carbocycles. The Morgan fingerprint density at radius 1 is 1.00 bits per heavy atom. The van der Waals surface area contributed by atoms with Gasteiger partial charge in [-0.2, -0.15) is 0 Å². The van der Waals surface area contributed by atoms with Crippen molar-refractivity contribution in [2.75, 3.05) is 41.6 Å². The van der Waals surface area contributed by atoms with Gasteiger partial charge in [0.25, 0.3) is 5.91 Å². The van der Waals surface area contributed by atoms with E-state index in [1.165, 1.54) is 11.3 Å². The lowest BCUT2D eigenvalue weighted by atomic mass is 10.1. The Balaban J connectivity index is 1.71. The van der Waals surface area contributed by atoms with Crippen molar-refractivity contribution in [3.8, 4) is 23.0 Å². The maximum Gasteiger partial charge on any atom is 0.254 e. The van der Waals surface area contributed by atoms with Crippen LogP contribution in [0.15, 0.2) is 47.8 Å². The van der Waals surface area contributed by atoms with Gasteiger partial charge in [0, 0.05) is 31.2 Å². The Kier molecular flexibility index (Phi) is 9.54. The van der Waals surface area contributed by atoms with E-state index in [1.807, 2.05) is 35.7 Å². The molecule has 1 amide bonds. The molecule has 8 nitrogen and oxygen atoms in total. The molecule has 182 valence electrons. The van der Waals surface area contributed by atoms with E-state index in [0.717, 1.165) is 17.1 Å². The van der Waals surface area contributed by atoms with Crippen molar-refractivity contribution in [2.45, 2.75) is 19.6 Å². The molecule has 0 saturated heterocycles. The van der Waals surface area contributed by atoms with Crippen LogP contribution in [0.2, 0.25) is 0 Å². The molecular formula is C25H30N2O6S. The van der Waals surface area contributed by atoms with E-state index < -0.39 is 0 Å². The van der Waals surface area contributed by atoms with Crippen LogP contribution in [0.1, 0.15) is 27.5 Å². The number of aromatic nitrogens is 1. The van der Waals surface area contributed by atoms with Crippen LogP contribution in [0.3, 0.4) is 0 Å². The summed E-state index contributed by atoms with van der Waals surface area (Å²) in [6.45, 7) is 1.76. The average molecular weight is 487 g/mol. The van der Waals surface area contributed by atoms with Crippen LogP contribution in [-0.2, 0) is 17.9 Å². The third kappa shape index (κ3) is 6.61. The first-order valence-electron chi connectivity index (χ1n) is 10.8. The zero-order chi connectivity index (χ0) is 24.3. The highest BCUT2D eigenvalue weighted by Crippen LogP contribution is 2.37. The number of rotatable bonds is 13. The number of hydrogen-bond acceptors (Lipinski definition) is 8. The lowest BCUT2D eigenvalue weighted by Crippen LogP contribution is -2.32. The number of thiazole rings is 1. The van der Waals surface area contributed by atoms with Crippen molar-refractivity contribution in [2.24, 2.45) is 0 Å². The SMILES string of the molecule is COCCCN(Cc1csc(COc2c(OC)cccc2OC)n1)C(=O)c1cccc(OC)c1. The van der Waals surface area contributed by atoms with E-state index in [-0.39, 0.29) is 12.5 Å². The summed E-state index contributed by atoms with van der Waals surface area (Å²) in [5, 5.41) is 2.73. The summed E-state index contributed by atoms with van der Waals surface area (Å²) in [7, 11) is 6.40. The minimum absolute atomic E-state index is 0.0837. The molecule has 3 rings (SSSR count). The van der Waals surface area contributed by atoms with Crippen molar-refractivity contribution in [3.63, 3.8) is 0 Å². The fourth-order valence-electron chi connectivity index (χ4n) is 3.37. The van der Waals surface area contributed by atoms with E-state index >= 15 is 0 Å². The van der Waals surface area contributed by atoms with Crippen LogP contribution >= 0.6 is 11.3 Å². The Hall–Kier alpha value is -3.30. The first kappa shape index (κ1) is 25.3. The van der Waals surface area contributed by atoms with Gasteiger partial charge in [0.05, 0.1) is 33.6 Å². The molecule has 0 unspecified atom stereocenters. The molecule has 0 N–H and O–H groups in total. The van der Waals surface area contributed by atoms with E-state index in [0.29, 0.717) is 48.3 Å². The molecule has 0 aliphatic rings. The Morgan fingerprint density at radius 2 is 1.74 bits per heavy atom. The van der Waals surface area contributed by atoms with Crippen molar-refractivity contribution < 1.29 is 28.5 Å². The first-order valence-corrected chi connectivity index (χ1v) is 11.7. The van der Waals surface area contributed by atoms with Gasteiger partial charge in [-0.05, 0) is 36.8 Å². The van der Waals surface area contributed by atoms with Gasteiger partial charge in [0.1, 0.15) is 17.4 Å². The third-order valence-electron chi connectivity index (χ3n) is 5.06. The number of hydrogen-bond donors (Lipinski definition) is 0. The number of carbonyl (C=O) groups excluding carboxylic acids is 1. The minimum atomic E-state index is -0.0837. The second-order valence-corrected chi connectivity index (χ2v) is 8.26. The van der Waals surface area contributed by atoms with Gasteiger partial charge < -0.3 is 28.6 Å². The molecular weight excluding hydrogens is 456 g/mol. The van der Waals surface area contributed by atoms with Crippen LogP contribution in [0.25, 0.3) is 0 Å². The highest BCUT2D eigenvalue weighted by atomic mass is 32.1. The predicted molar refractivity (Wildman–Crippen MR) is 130 cm³/mol. The third-order valence-corrected chi connectivity index (χ3v) is 5.93. The zero-order valence-electron chi connectivity index (χ0n) is 19.9. The summed E-state index contributed by atoms with van der Waals surface area (Å²) in [5.41, 5.74) is 1.36. The summed E-state index contributed by atoms with van der Waals surface area (Å²) < 4.78 is 27.2. The van der Waals surface area contributed by atoms with Gasteiger partial charge in [-0.3, -0.25) is 4.79 Å². The number of ether oxygens (including phenoxy) is 5. The minimum Gasteiger partial charge on any atom is -0.497 e. The van der Waals surface area contributed by atoms with Gasteiger partial charge in [0.15, 0.2) is 11.5 Å². The van der Waals surface area contributed by atoms with Gasteiger partial charge in [0.2, 0.25) is 5.75 Å². The lowest BCUT2D eigenvalue weighted by molar-refractivity contribution is 0.0721. The molecule has 34 heavy (non-hydrogen) atoms. The van der Waals surface area contributed by atoms with Crippen LogP contribution in [0, 0.1) is 0 Å². The first-order chi connectivity index (χ1) is 16.6. The summed E-state index contributed by atoms with van der Waals surface area (Å²) in [6.07, 6.45) is 0.722. The summed E-state index contributed by atoms with van der Waals surface area (Å²) in [4.78, 5) is 19.7. The summed E-state index contributed by atoms with van der Waals surface area (Å²) in [6, 6.07) is 12.6.